The van der Waals surface area contributed by atoms with Gasteiger partial charge in [-0.2, -0.15) is 0 Å². The molecule has 0 aliphatic rings. The first-order valence-electron chi connectivity index (χ1n) is 3.85. The number of para-hydroxylation sites is 2. The van der Waals surface area contributed by atoms with Crippen LogP contribution >= 0.6 is 0 Å². The van der Waals surface area contributed by atoms with E-state index in [2.05, 4.69) is 6.58 Å². The average Bonchev–Trinajstić information content (AvgIpc) is 2.16. The van der Waals surface area contributed by atoms with Crippen molar-refractivity contribution in [2.45, 2.75) is 0 Å². The molecule has 0 aromatic heterocycles. The lowest BCUT2D eigenvalue weighted by molar-refractivity contribution is -0.113. The Morgan fingerprint density at radius 3 is 2.69 bits per heavy atom. The summed E-state index contributed by atoms with van der Waals surface area (Å²) in [4.78, 5) is 12.5. The first-order valence-corrected chi connectivity index (χ1v) is 3.85. The molecule has 0 spiro atoms. The van der Waals surface area contributed by atoms with Crippen molar-refractivity contribution in [3.05, 3.63) is 36.9 Å². The van der Waals surface area contributed by atoms with Crippen molar-refractivity contribution in [3.63, 3.8) is 0 Å². The van der Waals surface area contributed by atoms with Gasteiger partial charge in [0.2, 0.25) is 5.91 Å². The van der Waals surface area contributed by atoms with E-state index in [1.807, 2.05) is 0 Å². The zero-order valence-corrected chi connectivity index (χ0v) is 7.40. The molecule has 0 saturated carbocycles. The van der Waals surface area contributed by atoms with Gasteiger partial charge < -0.3 is 10.0 Å². The third-order valence-corrected chi connectivity index (χ3v) is 1.75. The van der Waals surface area contributed by atoms with Gasteiger partial charge in [-0.25, -0.2) is 0 Å². The summed E-state index contributed by atoms with van der Waals surface area (Å²) >= 11 is 0. The number of benzene rings is 1. The van der Waals surface area contributed by atoms with E-state index in [4.69, 9.17) is 0 Å². The molecule has 68 valence electrons. The lowest BCUT2D eigenvalue weighted by Crippen LogP contribution is -2.23. The Labute approximate surface area is 76.9 Å². The smallest absolute Gasteiger partial charge is 0.250 e. The van der Waals surface area contributed by atoms with Gasteiger partial charge >= 0.3 is 0 Å². The number of aromatic hydroxyl groups is 1. The quantitative estimate of drug-likeness (QED) is 0.696. The van der Waals surface area contributed by atoms with Crippen molar-refractivity contribution < 1.29 is 9.90 Å². The van der Waals surface area contributed by atoms with Crippen LogP contribution in [0.2, 0.25) is 0 Å². The van der Waals surface area contributed by atoms with Crippen molar-refractivity contribution in [2.75, 3.05) is 11.9 Å². The summed E-state index contributed by atoms with van der Waals surface area (Å²) in [5.74, 6) is -0.165. The standard InChI is InChI=1S/C10H11NO2/c1-3-10(13)11(2)8-6-4-5-7-9(8)12/h3-7,12H,1H2,2H3. The Kier molecular flexibility index (Phi) is 2.69. The third-order valence-electron chi connectivity index (χ3n) is 1.75. The average molecular weight is 177 g/mol. The first kappa shape index (κ1) is 9.32. The van der Waals surface area contributed by atoms with E-state index < -0.39 is 0 Å². The minimum Gasteiger partial charge on any atom is -0.506 e. The molecule has 0 saturated heterocycles. The van der Waals surface area contributed by atoms with Crippen LogP contribution in [0.25, 0.3) is 0 Å². The van der Waals surface area contributed by atoms with Crippen LogP contribution in [-0.4, -0.2) is 18.1 Å². The van der Waals surface area contributed by atoms with Crippen LogP contribution in [0.1, 0.15) is 0 Å². The fourth-order valence-corrected chi connectivity index (χ4v) is 1.00. The number of anilines is 1. The normalized spacial score (nSPS) is 9.31. The minimum absolute atomic E-state index is 0.0835. The largest absolute Gasteiger partial charge is 0.506 e. The number of phenols is 1. The van der Waals surface area contributed by atoms with Crippen LogP contribution in [0.4, 0.5) is 5.69 Å². The maximum Gasteiger partial charge on any atom is 0.250 e. The highest BCUT2D eigenvalue weighted by molar-refractivity contribution is 6.01. The summed E-state index contributed by atoms with van der Waals surface area (Å²) in [7, 11) is 1.58. The molecule has 0 fully saturated rings. The SMILES string of the molecule is C=CC(=O)N(C)c1ccccc1O. The Balaban J connectivity index is 3.01. The molecule has 1 rings (SSSR count). The number of nitrogens with zero attached hydrogens (tertiary/aromatic N) is 1. The molecule has 0 aliphatic heterocycles. The van der Waals surface area contributed by atoms with Gasteiger partial charge in [-0.15, -0.1) is 0 Å². The lowest BCUT2D eigenvalue weighted by Gasteiger charge is -2.15. The maximum absolute atomic E-state index is 11.2. The van der Waals surface area contributed by atoms with E-state index in [1.165, 1.54) is 17.0 Å². The van der Waals surface area contributed by atoms with Crippen molar-refractivity contribution in [1.82, 2.24) is 0 Å². The predicted molar refractivity (Wildman–Crippen MR) is 51.7 cm³/mol. The van der Waals surface area contributed by atoms with E-state index in [1.54, 1.807) is 25.2 Å². The topological polar surface area (TPSA) is 40.5 Å². The van der Waals surface area contributed by atoms with Crippen molar-refractivity contribution in [2.24, 2.45) is 0 Å². The third kappa shape index (κ3) is 1.87. The highest BCUT2D eigenvalue weighted by Gasteiger charge is 2.09. The van der Waals surface area contributed by atoms with Crippen LogP contribution in [0.15, 0.2) is 36.9 Å². The second-order valence-corrected chi connectivity index (χ2v) is 2.59. The molecule has 13 heavy (non-hydrogen) atoms. The van der Waals surface area contributed by atoms with Crippen LogP contribution < -0.4 is 4.90 Å². The van der Waals surface area contributed by atoms with Gasteiger partial charge in [-0.05, 0) is 18.2 Å². The predicted octanol–water partition coefficient (Wildman–Crippen LogP) is 1.54. The molecule has 1 amide bonds. The van der Waals surface area contributed by atoms with Gasteiger partial charge in [0.25, 0.3) is 0 Å². The Hall–Kier alpha value is -1.77. The second kappa shape index (κ2) is 3.76. The Morgan fingerprint density at radius 1 is 1.54 bits per heavy atom. The maximum atomic E-state index is 11.2. The second-order valence-electron chi connectivity index (χ2n) is 2.59. The molecular weight excluding hydrogens is 166 g/mol. The van der Waals surface area contributed by atoms with Gasteiger partial charge in [0.15, 0.2) is 0 Å². The van der Waals surface area contributed by atoms with Gasteiger partial charge in [-0.1, -0.05) is 18.7 Å². The number of hydrogen-bond donors (Lipinski definition) is 1. The number of amides is 1. The number of likely N-dealkylation sites (N-methyl/N-ethyl adjacent to an activating group) is 1. The molecule has 0 aliphatic carbocycles. The van der Waals surface area contributed by atoms with Gasteiger partial charge in [0.1, 0.15) is 5.75 Å². The van der Waals surface area contributed by atoms with Crippen molar-refractivity contribution in [1.29, 1.82) is 0 Å². The van der Waals surface area contributed by atoms with E-state index in [9.17, 15) is 9.90 Å². The zero-order chi connectivity index (χ0) is 9.84. The summed E-state index contributed by atoms with van der Waals surface area (Å²) in [5.41, 5.74) is 0.479. The van der Waals surface area contributed by atoms with E-state index in [0.717, 1.165) is 0 Å². The van der Waals surface area contributed by atoms with E-state index in [0.29, 0.717) is 5.69 Å². The molecule has 0 radical (unpaired) electrons. The van der Waals surface area contributed by atoms with Crippen LogP contribution in [0, 0.1) is 0 Å². The molecule has 1 N–H and O–H groups in total. The Bertz CT molecular complexity index is 333. The Morgan fingerprint density at radius 2 is 2.15 bits per heavy atom. The number of carbonyl (C=O) groups is 1. The summed E-state index contributed by atoms with van der Waals surface area (Å²) in [6.45, 7) is 3.36. The van der Waals surface area contributed by atoms with E-state index in [-0.39, 0.29) is 11.7 Å². The van der Waals surface area contributed by atoms with Crippen molar-refractivity contribution in [3.8, 4) is 5.75 Å². The van der Waals surface area contributed by atoms with Crippen LogP contribution in [-0.2, 0) is 4.79 Å². The summed E-state index contributed by atoms with van der Waals surface area (Å²) < 4.78 is 0. The molecule has 0 atom stereocenters. The van der Waals surface area contributed by atoms with Crippen molar-refractivity contribution >= 4 is 11.6 Å². The molecule has 3 nitrogen and oxygen atoms in total. The highest BCUT2D eigenvalue weighted by atomic mass is 16.3. The van der Waals surface area contributed by atoms with Crippen LogP contribution in [0.3, 0.4) is 0 Å². The molecule has 3 heteroatoms. The fourth-order valence-electron chi connectivity index (χ4n) is 1.00. The summed E-state index contributed by atoms with van der Waals surface area (Å²) in [6.07, 6.45) is 1.20. The zero-order valence-electron chi connectivity index (χ0n) is 7.40. The molecule has 0 heterocycles. The molecule has 0 bridgehead atoms. The fraction of sp³-hybridized carbons (Fsp3) is 0.100. The number of hydrogen-bond acceptors (Lipinski definition) is 2. The molecule has 0 unspecified atom stereocenters. The summed E-state index contributed by atoms with van der Waals surface area (Å²) in [5, 5.41) is 9.40. The van der Waals surface area contributed by atoms with Gasteiger partial charge in [0.05, 0.1) is 5.69 Å². The van der Waals surface area contributed by atoms with Gasteiger partial charge in [-0.3, -0.25) is 4.79 Å². The molecule has 1 aromatic carbocycles. The van der Waals surface area contributed by atoms with E-state index >= 15 is 0 Å². The van der Waals surface area contributed by atoms with Crippen LogP contribution in [0.5, 0.6) is 5.75 Å². The molecule has 1 aromatic rings. The highest BCUT2D eigenvalue weighted by Crippen LogP contribution is 2.25. The number of carbonyl (C=O) groups excluding carboxylic acids is 1. The number of phenolic OH excluding ortho intramolecular Hbond substituents is 1. The number of rotatable bonds is 2. The minimum atomic E-state index is -0.249. The molecular formula is C10H11NO2. The monoisotopic (exact) mass is 177 g/mol. The summed E-state index contributed by atoms with van der Waals surface area (Å²) in [6, 6.07) is 6.64. The first-order chi connectivity index (χ1) is 6.16. The lowest BCUT2D eigenvalue weighted by atomic mass is 10.2. The van der Waals surface area contributed by atoms with Gasteiger partial charge in [0, 0.05) is 7.05 Å².